The molecule has 0 bridgehead atoms. The first-order valence-electron chi connectivity index (χ1n) is 5.00. The summed E-state index contributed by atoms with van der Waals surface area (Å²) >= 11 is 0. The molecule has 17 heavy (non-hydrogen) atoms. The largest absolute Gasteiger partial charge is 0.284 e. The smallest absolute Gasteiger partial charge is 0.244 e. The van der Waals surface area contributed by atoms with Crippen LogP contribution in [0.5, 0.6) is 0 Å². The molecule has 0 saturated heterocycles. The van der Waals surface area contributed by atoms with Crippen molar-refractivity contribution in [1.29, 1.82) is 0 Å². The van der Waals surface area contributed by atoms with E-state index in [1.807, 2.05) is 0 Å². The van der Waals surface area contributed by atoms with Gasteiger partial charge in [0.1, 0.15) is 4.90 Å². The van der Waals surface area contributed by atoms with E-state index in [4.69, 9.17) is 0 Å². The number of aromatic amines is 1. The molecule has 0 radical (unpaired) electrons. The third-order valence-electron chi connectivity index (χ3n) is 2.32. The second-order valence-electron chi connectivity index (χ2n) is 3.56. The lowest BCUT2D eigenvalue weighted by atomic mass is 10.1. The molecule has 1 atom stereocenters. The van der Waals surface area contributed by atoms with Crippen molar-refractivity contribution in [3.8, 4) is 0 Å². The first kappa shape index (κ1) is 11.7. The van der Waals surface area contributed by atoms with Crippen LogP contribution in [0, 0.1) is 0 Å². The fraction of sp³-hybridized carbons (Fsp3) is 0.200. The molecule has 0 aromatic carbocycles. The second kappa shape index (κ2) is 4.64. The van der Waals surface area contributed by atoms with Crippen LogP contribution in [0.15, 0.2) is 41.8 Å². The van der Waals surface area contributed by atoms with Crippen molar-refractivity contribution >= 4 is 10.0 Å². The van der Waals surface area contributed by atoms with Gasteiger partial charge >= 0.3 is 0 Å². The number of pyridine rings is 1. The quantitative estimate of drug-likeness (QED) is 0.844. The van der Waals surface area contributed by atoms with Gasteiger partial charge in [-0.2, -0.15) is 5.10 Å². The third kappa shape index (κ3) is 2.69. The molecule has 2 heterocycles. The zero-order valence-electron chi connectivity index (χ0n) is 9.16. The Hall–Kier alpha value is -1.73. The zero-order chi connectivity index (χ0) is 12.3. The van der Waals surface area contributed by atoms with Crippen molar-refractivity contribution < 1.29 is 8.42 Å². The normalized spacial score (nSPS) is 13.5. The van der Waals surface area contributed by atoms with Gasteiger partial charge in [-0.25, -0.2) is 13.1 Å². The van der Waals surface area contributed by atoms with Gasteiger partial charge in [-0.15, -0.1) is 0 Å². The molecule has 6 nitrogen and oxygen atoms in total. The van der Waals surface area contributed by atoms with Gasteiger partial charge in [-0.1, -0.05) is 0 Å². The minimum absolute atomic E-state index is 0.124. The molecule has 0 amide bonds. The van der Waals surface area contributed by atoms with E-state index in [0.717, 1.165) is 5.56 Å². The first-order chi connectivity index (χ1) is 8.09. The zero-order valence-corrected chi connectivity index (χ0v) is 9.98. The van der Waals surface area contributed by atoms with E-state index >= 15 is 0 Å². The highest BCUT2D eigenvalue weighted by Gasteiger charge is 2.18. The van der Waals surface area contributed by atoms with Crippen LogP contribution in [-0.2, 0) is 10.0 Å². The van der Waals surface area contributed by atoms with Crippen LogP contribution in [0.1, 0.15) is 18.5 Å². The Kier molecular flexibility index (Phi) is 3.21. The molecule has 0 aliphatic carbocycles. The van der Waals surface area contributed by atoms with Crippen LogP contribution >= 0.6 is 0 Å². The Balaban J connectivity index is 2.17. The van der Waals surface area contributed by atoms with Crippen molar-refractivity contribution in [2.45, 2.75) is 17.9 Å². The van der Waals surface area contributed by atoms with Crippen molar-refractivity contribution in [2.24, 2.45) is 0 Å². The fourth-order valence-corrected chi connectivity index (χ4v) is 2.54. The Morgan fingerprint density at radius 2 is 2.06 bits per heavy atom. The van der Waals surface area contributed by atoms with Crippen molar-refractivity contribution in [1.82, 2.24) is 19.9 Å². The molecule has 0 aliphatic rings. The lowest BCUT2D eigenvalue weighted by Crippen LogP contribution is -2.26. The molecule has 2 aromatic heterocycles. The summed E-state index contributed by atoms with van der Waals surface area (Å²) in [5, 5.41) is 6.08. The molecule has 0 aliphatic heterocycles. The Morgan fingerprint density at radius 1 is 1.35 bits per heavy atom. The molecule has 2 N–H and O–H groups in total. The minimum atomic E-state index is -3.53. The van der Waals surface area contributed by atoms with Gasteiger partial charge in [0.05, 0.1) is 6.20 Å². The molecule has 2 aromatic rings. The standard InChI is InChI=1S/C10H12N4O2S/c1-8(9-2-4-11-5-3-9)14-17(15,16)10-6-12-13-7-10/h2-8,14H,1H3,(H,12,13). The van der Waals surface area contributed by atoms with Crippen LogP contribution < -0.4 is 4.72 Å². The first-order valence-corrected chi connectivity index (χ1v) is 6.49. The maximum atomic E-state index is 11.9. The summed E-state index contributed by atoms with van der Waals surface area (Å²) in [5.41, 5.74) is 0.854. The SMILES string of the molecule is CC(NS(=O)(=O)c1cn[nH]c1)c1ccncc1. The van der Waals surface area contributed by atoms with Gasteiger partial charge in [-0.05, 0) is 24.6 Å². The fourth-order valence-electron chi connectivity index (χ4n) is 1.41. The van der Waals surface area contributed by atoms with Gasteiger partial charge in [0.15, 0.2) is 0 Å². The Morgan fingerprint density at radius 3 is 2.65 bits per heavy atom. The minimum Gasteiger partial charge on any atom is -0.284 e. The Bertz CT molecular complexity index is 566. The van der Waals surface area contributed by atoms with E-state index in [1.165, 1.54) is 12.4 Å². The topological polar surface area (TPSA) is 87.7 Å². The van der Waals surface area contributed by atoms with E-state index in [0.29, 0.717) is 0 Å². The van der Waals surface area contributed by atoms with Crippen molar-refractivity contribution in [3.05, 3.63) is 42.5 Å². The summed E-state index contributed by atoms with van der Waals surface area (Å²) in [4.78, 5) is 4.01. The predicted molar refractivity (Wildman–Crippen MR) is 61.6 cm³/mol. The van der Waals surface area contributed by atoms with E-state index in [2.05, 4.69) is 19.9 Å². The summed E-state index contributed by atoms with van der Waals surface area (Å²) in [5.74, 6) is 0. The molecule has 0 saturated carbocycles. The number of rotatable bonds is 4. The number of hydrogen-bond acceptors (Lipinski definition) is 4. The molecule has 0 fully saturated rings. The number of nitrogens with zero attached hydrogens (tertiary/aromatic N) is 2. The van der Waals surface area contributed by atoms with Gasteiger partial charge in [0, 0.05) is 24.6 Å². The predicted octanol–water partition coefficient (Wildman–Crippen LogP) is 0.844. The Labute approximate surface area is 99.1 Å². The second-order valence-corrected chi connectivity index (χ2v) is 5.27. The average Bonchev–Trinajstić information content (AvgIpc) is 2.84. The van der Waals surface area contributed by atoms with Crippen molar-refractivity contribution in [3.63, 3.8) is 0 Å². The average molecular weight is 252 g/mol. The van der Waals surface area contributed by atoms with E-state index in [-0.39, 0.29) is 10.9 Å². The van der Waals surface area contributed by atoms with E-state index < -0.39 is 10.0 Å². The lowest BCUT2D eigenvalue weighted by Gasteiger charge is -2.13. The third-order valence-corrected chi connectivity index (χ3v) is 3.83. The van der Waals surface area contributed by atoms with Gasteiger partial charge in [-0.3, -0.25) is 10.1 Å². The lowest BCUT2D eigenvalue weighted by molar-refractivity contribution is 0.567. The summed E-state index contributed by atoms with van der Waals surface area (Å²) in [6.45, 7) is 1.77. The van der Waals surface area contributed by atoms with E-state index in [9.17, 15) is 8.42 Å². The highest BCUT2D eigenvalue weighted by atomic mass is 32.2. The van der Waals surface area contributed by atoms with E-state index in [1.54, 1.807) is 31.5 Å². The summed E-state index contributed by atoms with van der Waals surface area (Å²) in [7, 11) is -3.53. The van der Waals surface area contributed by atoms with Crippen LogP contribution in [0.25, 0.3) is 0 Å². The number of aromatic nitrogens is 3. The van der Waals surface area contributed by atoms with Crippen LogP contribution in [-0.4, -0.2) is 23.6 Å². The number of sulfonamides is 1. The molecule has 2 rings (SSSR count). The highest BCUT2D eigenvalue weighted by molar-refractivity contribution is 7.89. The summed E-state index contributed by atoms with van der Waals surface area (Å²) < 4.78 is 26.3. The number of H-pyrrole nitrogens is 1. The number of hydrogen-bond donors (Lipinski definition) is 2. The molecular weight excluding hydrogens is 240 g/mol. The molecule has 1 unspecified atom stereocenters. The maximum Gasteiger partial charge on any atom is 0.244 e. The van der Waals surface area contributed by atoms with Crippen LogP contribution in [0.3, 0.4) is 0 Å². The van der Waals surface area contributed by atoms with Gasteiger partial charge in [0.2, 0.25) is 10.0 Å². The highest BCUT2D eigenvalue weighted by Crippen LogP contribution is 2.14. The summed E-state index contributed by atoms with van der Waals surface area (Å²) in [6.07, 6.45) is 5.85. The summed E-state index contributed by atoms with van der Waals surface area (Å²) in [6, 6.07) is 3.21. The molecule has 90 valence electrons. The monoisotopic (exact) mass is 252 g/mol. The maximum absolute atomic E-state index is 11.9. The van der Waals surface area contributed by atoms with Crippen LogP contribution in [0.4, 0.5) is 0 Å². The number of nitrogens with one attached hydrogen (secondary N) is 2. The molecule has 7 heteroatoms. The van der Waals surface area contributed by atoms with Crippen molar-refractivity contribution in [2.75, 3.05) is 0 Å². The van der Waals surface area contributed by atoms with Gasteiger partial charge in [0.25, 0.3) is 0 Å². The molecular formula is C10H12N4O2S. The van der Waals surface area contributed by atoms with Crippen LogP contribution in [0.2, 0.25) is 0 Å². The van der Waals surface area contributed by atoms with Gasteiger partial charge < -0.3 is 0 Å². The molecule has 0 spiro atoms.